The minimum atomic E-state index is -1.60. The van der Waals surface area contributed by atoms with Crippen LogP contribution >= 0.6 is 0 Å². The number of carbonyl (C=O) groups excluding carboxylic acids is 6. The van der Waals surface area contributed by atoms with E-state index in [0.29, 0.717) is 11.1 Å². The Balaban J connectivity index is 2.03. The molecule has 16 nitrogen and oxygen atoms in total. The molecule has 46 heavy (non-hydrogen) atoms. The van der Waals surface area contributed by atoms with E-state index >= 15 is 0 Å². The molecule has 11 N–H and O–H groups in total. The molecule has 0 fully saturated rings. The maximum Gasteiger partial charge on any atom is 0.328 e. The lowest BCUT2D eigenvalue weighted by Crippen LogP contribution is -2.57. The molecule has 248 valence electrons. The third kappa shape index (κ3) is 12.7. The zero-order chi connectivity index (χ0) is 34.2. The number of aliphatic hydroxyl groups is 1. The molecule has 0 aliphatic heterocycles. The largest absolute Gasteiger partial charge is 0.480 e. The minimum Gasteiger partial charge on any atom is -0.480 e. The van der Waals surface area contributed by atoms with Crippen molar-refractivity contribution < 1.29 is 43.8 Å². The third-order valence-electron chi connectivity index (χ3n) is 6.58. The number of primary amides is 1. The van der Waals surface area contributed by atoms with Crippen LogP contribution in [0, 0.1) is 0 Å². The van der Waals surface area contributed by atoms with Crippen LogP contribution in [0.1, 0.15) is 24.5 Å². The summed E-state index contributed by atoms with van der Waals surface area (Å²) in [4.78, 5) is 86.3. The van der Waals surface area contributed by atoms with Crippen LogP contribution in [-0.4, -0.2) is 95.0 Å². The molecule has 0 heterocycles. The number of aliphatic carboxylic acids is 1. The number of carboxylic acid groups (broad SMARTS) is 1. The van der Waals surface area contributed by atoms with E-state index in [2.05, 4.69) is 26.6 Å². The summed E-state index contributed by atoms with van der Waals surface area (Å²) >= 11 is 0. The second-order valence-electron chi connectivity index (χ2n) is 10.4. The molecule has 0 aliphatic rings. The average Bonchev–Trinajstić information content (AvgIpc) is 3.02. The van der Waals surface area contributed by atoms with Crippen molar-refractivity contribution in [2.75, 3.05) is 13.2 Å². The van der Waals surface area contributed by atoms with Gasteiger partial charge in [-0.05, 0) is 18.1 Å². The molecule has 0 aliphatic carbocycles. The second-order valence-corrected chi connectivity index (χ2v) is 10.4. The molecule has 0 saturated heterocycles. The lowest BCUT2D eigenvalue weighted by molar-refractivity contribution is -0.143. The highest BCUT2D eigenvalue weighted by molar-refractivity contribution is 5.95. The summed E-state index contributed by atoms with van der Waals surface area (Å²) in [5.74, 6) is -6.25. The Hall–Kier alpha value is -5.35. The van der Waals surface area contributed by atoms with Crippen LogP contribution in [0.3, 0.4) is 0 Å². The van der Waals surface area contributed by atoms with E-state index in [4.69, 9.17) is 11.5 Å². The summed E-state index contributed by atoms with van der Waals surface area (Å²) < 4.78 is 0. The number of benzene rings is 2. The molecule has 0 unspecified atom stereocenters. The van der Waals surface area contributed by atoms with E-state index in [0.717, 1.165) is 0 Å². The molecule has 0 aromatic heterocycles. The fourth-order valence-electron chi connectivity index (χ4n) is 4.11. The van der Waals surface area contributed by atoms with Gasteiger partial charge >= 0.3 is 5.97 Å². The predicted octanol–water partition coefficient (Wildman–Crippen LogP) is -3.17. The minimum absolute atomic E-state index is 0.0233. The maximum atomic E-state index is 13.0. The molecular weight excluding hydrogens is 602 g/mol. The van der Waals surface area contributed by atoms with Crippen LogP contribution in [0.15, 0.2) is 60.7 Å². The standard InChI is InChI=1S/C30H39N7O9/c1-17(26(41)35-22(13-19-10-6-3-7-11-19)29(44)37-23(16-38)30(45)46)34-25(40)15-33-28(43)21(12-18-8-4-2-5-9-18)36-27(42)20(31)14-24(32)39/h2-11,17,20-23,38H,12-16,31H2,1H3,(H2,32,39)(H,33,43)(H,34,40)(H,35,41)(H,36,42)(H,37,44)(H,45,46)/t17-,20-,21-,22-,23-/m0/s1. The monoisotopic (exact) mass is 641 g/mol. The fourth-order valence-corrected chi connectivity index (χ4v) is 4.11. The lowest BCUT2D eigenvalue weighted by Gasteiger charge is -2.23. The topological polar surface area (TPSA) is 272 Å². The lowest BCUT2D eigenvalue weighted by atomic mass is 10.0. The van der Waals surface area contributed by atoms with Crippen molar-refractivity contribution >= 4 is 41.4 Å². The van der Waals surface area contributed by atoms with E-state index < -0.39 is 91.2 Å². The van der Waals surface area contributed by atoms with Crippen LogP contribution in [0.5, 0.6) is 0 Å². The average molecular weight is 642 g/mol. The van der Waals surface area contributed by atoms with E-state index in [1.807, 2.05) is 0 Å². The molecule has 16 heteroatoms. The first-order chi connectivity index (χ1) is 21.8. The quantitative estimate of drug-likeness (QED) is 0.0787. The number of nitrogens with one attached hydrogen (secondary N) is 5. The molecule has 2 rings (SSSR count). The van der Waals surface area contributed by atoms with Gasteiger partial charge in [0.1, 0.15) is 24.2 Å². The third-order valence-corrected chi connectivity index (χ3v) is 6.58. The van der Waals surface area contributed by atoms with Crippen molar-refractivity contribution in [2.24, 2.45) is 11.5 Å². The van der Waals surface area contributed by atoms with E-state index in [9.17, 15) is 43.8 Å². The van der Waals surface area contributed by atoms with Crippen LogP contribution in [0.25, 0.3) is 0 Å². The van der Waals surface area contributed by atoms with Gasteiger partial charge in [0.25, 0.3) is 0 Å². The Morgan fingerprint density at radius 3 is 1.65 bits per heavy atom. The SMILES string of the molecule is C[C@H](NC(=O)CNC(=O)[C@H](Cc1ccccc1)NC(=O)[C@@H](N)CC(N)=O)C(=O)N[C@@H](Cc1ccccc1)C(=O)N[C@@H](CO)C(=O)O. The van der Waals surface area contributed by atoms with Crippen LogP contribution in [0.2, 0.25) is 0 Å². The van der Waals surface area contributed by atoms with Crippen molar-refractivity contribution in [2.45, 2.75) is 56.4 Å². The molecule has 5 atom stereocenters. The molecule has 0 radical (unpaired) electrons. The number of aliphatic hydroxyl groups excluding tert-OH is 1. The normalized spacial score (nSPS) is 13.9. The van der Waals surface area contributed by atoms with Crippen LogP contribution in [-0.2, 0) is 46.4 Å². The highest BCUT2D eigenvalue weighted by atomic mass is 16.4. The van der Waals surface area contributed by atoms with Crippen molar-refractivity contribution in [3.8, 4) is 0 Å². The van der Waals surface area contributed by atoms with Gasteiger partial charge in [0, 0.05) is 12.8 Å². The van der Waals surface area contributed by atoms with Crippen molar-refractivity contribution in [1.82, 2.24) is 26.6 Å². The summed E-state index contributed by atoms with van der Waals surface area (Å²) in [6.45, 7) is -0.129. The number of amides is 6. The summed E-state index contributed by atoms with van der Waals surface area (Å²) in [6.07, 6.45) is -0.431. The van der Waals surface area contributed by atoms with Gasteiger partial charge in [-0.25, -0.2) is 4.79 Å². The Kier molecular flexibility index (Phi) is 14.8. The van der Waals surface area contributed by atoms with Gasteiger partial charge < -0.3 is 48.3 Å². The molecule has 0 spiro atoms. The Bertz CT molecular complexity index is 1380. The Labute approximate surface area is 264 Å². The van der Waals surface area contributed by atoms with E-state index in [1.165, 1.54) is 6.92 Å². The Morgan fingerprint density at radius 1 is 0.696 bits per heavy atom. The molecule has 6 amide bonds. The number of carboxylic acids is 1. The van der Waals surface area contributed by atoms with Crippen molar-refractivity contribution in [1.29, 1.82) is 0 Å². The first kappa shape index (κ1) is 36.8. The van der Waals surface area contributed by atoms with Gasteiger partial charge in [-0.2, -0.15) is 0 Å². The fraction of sp³-hybridized carbons (Fsp3) is 0.367. The Morgan fingerprint density at radius 2 is 1.17 bits per heavy atom. The number of nitrogens with two attached hydrogens (primary N) is 2. The maximum absolute atomic E-state index is 13.0. The smallest absolute Gasteiger partial charge is 0.328 e. The van der Waals surface area contributed by atoms with Gasteiger partial charge in [-0.1, -0.05) is 60.7 Å². The van der Waals surface area contributed by atoms with Gasteiger partial charge in [0.15, 0.2) is 0 Å². The van der Waals surface area contributed by atoms with E-state index in [-0.39, 0.29) is 12.8 Å². The number of carbonyl (C=O) groups is 7. The summed E-state index contributed by atoms with van der Waals surface area (Å²) in [5.41, 5.74) is 12.1. The number of hydrogen-bond donors (Lipinski definition) is 9. The first-order valence-electron chi connectivity index (χ1n) is 14.2. The molecule has 2 aromatic rings. The second kappa shape index (κ2) is 18.5. The molecular formula is C30H39N7O9. The summed E-state index contributed by atoms with van der Waals surface area (Å²) in [7, 11) is 0. The van der Waals surface area contributed by atoms with Gasteiger partial charge in [-0.3, -0.25) is 28.8 Å². The predicted molar refractivity (Wildman–Crippen MR) is 163 cm³/mol. The van der Waals surface area contributed by atoms with Gasteiger partial charge in [-0.15, -0.1) is 0 Å². The highest BCUT2D eigenvalue weighted by Gasteiger charge is 2.29. The zero-order valence-electron chi connectivity index (χ0n) is 25.1. The molecule has 0 saturated carbocycles. The highest BCUT2D eigenvalue weighted by Crippen LogP contribution is 2.06. The summed E-state index contributed by atoms with van der Waals surface area (Å²) in [5, 5.41) is 30.3. The molecule has 0 bridgehead atoms. The summed E-state index contributed by atoms with van der Waals surface area (Å²) in [6, 6.07) is 10.7. The zero-order valence-corrected chi connectivity index (χ0v) is 25.1. The molecule has 2 aromatic carbocycles. The van der Waals surface area contributed by atoms with Crippen molar-refractivity contribution in [3.63, 3.8) is 0 Å². The van der Waals surface area contributed by atoms with Crippen LogP contribution in [0.4, 0.5) is 0 Å². The van der Waals surface area contributed by atoms with Crippen molar-refractivity contribution in [3.05, 3.63) is 71.8 Å². The van der Waals surface area contributed by atoms with Crippen LogP contribution < -0.4 is 38.1 Å². The van der Waals surface area contributed by atoms with Gasteiger partial charge in [0.05, 0.1) is 25.6 Å². The van der Waals surface area contributed by atoms with Gasteiger partial charge in [0.2, 0.25) is 35.4 Å². The number of rotatable bonds is 18. The van der Waals surface area contributed by atoms with E-state index in [1.54, 1.807) is 60.7 Å². The first-order valence-corrected chi connectivity index (χ1v) is 14.2. The number of hydrogen-bond acceptors (Lipinski definition) is 9.